The summed E-state index contributed by atoms with van der Waals surface area (Å²) in [5.41, 5.74) is 1.96. The number of carbonyl (C=O) groups excluding carboxylic acids is 2. The highest BCUT2D eigenvalue weighted by Crippen LogP contribution is 2.38. The fraction of sp³-hybridized carbons (Fsp3) is 0.292. The summed E-state index contributed by atoms with van der Waals surface area (Å²) >= 11 is 3.29. The highest BCUT2D eigenvalue weighted by Gasteiger charge is 2.45. The van der Waals surface area contributed by atoms with Crippen LogP contribution in [0.25, 0.3) is 21.5 Å². The van der Waals surface area contributed by atoms with Crippen molar-refractivity contribution in [2.75, 3.05) is 30.4 Å². The molecule has 0 radical (unpaired) electrons. The molecule has 1 aliphatic rings. The van der Waals surface area contributed by atoms with Gasteiger partial charge < -0.3 is 5.32 Å². The van der Waals surface area contributed by atoms with E-state index in [0.29, 0.717) is 18.1 Å². The van der Waals surface area contributed by atoms with Crippen LogP contribution in [0.3, 0.4) is 0 Å². The molecule has 5 rings (SSSR count). The summed E-state index contributed by atoms with van der Waals surface area (Å²) in [6, 6.07) is 10.8. The Morgan fingerprint density at radius 3 is 2.53 bits per heavy atom. The molecular formula is C24H23N7O4S3. The van der Waals surface area contributed by atoms with E-state index < -0.39 is 9.84 Å². The van der Waals surface area contributed by atoms with Gasteiger partial charge in [-0.2, -0.15) is 19.9 Å². The molecule has 0 amide bonds. The fourth-order valence-electron chi connectivity index (χ4n) is 4.12. The number of hydrogen-bond donors (Lipinski definition) is 1. The van der Waals surface area contributed by atoms with Gasteiger partial charge in [0.15, 0.2) is 9.84 Å². The molecule has 38 heavy (non-hydrogen) atoms. The molecular weight excluding hydrogens is 547 g/mol. The van der Waals surface area contributed by atoms with Crippen molar-refractivity contribution in [3.8, 4) is 17.3 Å². The number of benzene rings is 1. The zero-order valence-electron chi connectivity index (χ0n) is 20.5. The topological polar surface area (TPSA) is 151 Å². The normalized spacial score (nSPS) is 14.6. The Labute approximate surface area is 227 Å². The Bertz CT molecular complexity index is 1610. The summed E-state index contributed by atoms with van der Waals surface area (Å²) in [5, 5.41) is 20.2. The van der Waals surface area contributed by atoms with Gasteiger partial charge in [-0.05, 0) is 35.7 Å². The van der Waals surface area contributed by atoms with Gasteiger partial charge in [0.2, 0.25) is 5.95 Å². The fourth-order valence-corrected chi connectivity index (χ4v) is 6.54. The maximum atomic E-state index is 11.7. The van der Waals surface area contributed by atoms with E-state index in [-0.39, 0.29) is 16.6 Å². The number of sulfone groups is 1. The zero-order chi connectivity index (χ0) is 27.3. The molecule has 0 aliphatic carbocycles. The van der Waals surface area contributed by atoms with E-state index in [0.717, 1.165) is 40.3 Å². The molecule has 11 nitrogen and oxygen atoms in total. The Morgan fingerprint density at radius 2 is 1.89 bits per heavy atom. The number of aromatic nitrogens is 4. The van der Waals surface area contributed by atoms with Crippen LogP contribution in [0, 0.1) is 11.3 Å². The minimum atomic E-state index is -3.27. The molecule has 0 unspecified atom stereocenters. The van der Waals surface area contributed by atoms with Gasteiger partial charge in [0.1, 0.15) is 10.4 Å². The summed E-state index contributed by atoms with van der Waals surface area (Å²) < 4.78 is 27.6. The van der Waals surface area contributed by atoms with Gasteiger partial charge in [0, 0.05) is 47.9 Å². The van der Waals surface area contributed by atoms with E-state index in [1.165, 1.54) is 17.6 Å². The molecule has 0 bridgehead atoms. The molecule has 1 fully saturated rings. The maximum absolute atomic E-state index is 11.7. The highest BCUT2D eigenvalue weighted by molar-refractivity contribution is 7.97. The van der Waals surface area contributed by atoms with E-state index in [1.54, 1.807) is 42.4 Å². The minimum Gasteiger partial charge on any atom is -0.324 e. The largest absolute Gasteiger partial charge is 0.373 e. The summed E-state index contributed by atoms with van der Waals surface area (Å²) in [4.78, 5) is 26.7. The van der Waals surface area contributed by atoms with Crippen LogP contribution >= 0.6 is 23.3 Å². The molecule has 4 aromatic rings. The van der Waals surface area contributed by atoms with E-state index in [1.807, 2.05) is 22.3 Å². The number of nitrogens with zero attached hydrogens (tertiary/aromatic N) is 6. The number of nitriles is 1. The highest BCUT2D eigenvalue weighted by atomic mass is 32.2. The van der Waals surface area contributed by atoms with Crippen LogP contribution in [0.5, 0.6) is 0 Å². The molecule has 14 heteroatoms. The van der Waals surface area contributed by atoms with Gasteiger partial charge in [-0.1, -0.05) is 18.9 Å². The Kier molecular flexibility index (Phi) is 8.25. The van der Waals surface area contributed by atoms with Crippen LogP contribution in [0.1, 0.15) is 13.3 Å². The molecule has 1 N–H and O–H groups in total. The van der Waals surface area contributed by atoms with Gasteiger partial charge in [-0.15, -0.1) is 11.3 Å². The van der Waals surface area contributed by atoms with Crippen LogP contribution in [0.2, 0.25) is 0 Å². The molecule has 1 saturated heterocycles. The summed E-state index contributed by atoms with van der Waals surface area (Å²) in [6.45, 7) is 3.66. The quantitative estimate of drug-likeness (QED) is 0.309. The van der Waals surface area contributed by atoms with Gasteiger partial charge in [-0.25, -0.2) is 22.7 Å². The third-order valence-electron chi connectivity index (χ3n) is 5.87. The van der Waals surface area contributed by atoms with E-state index in [9.17, 15) is 13.7 Å². The van der Waals surface area contributed by atoms with Crippen molar-refractivity contribution in [3.05, 3.63) is 48.1 Å². The van der Waals surface area contributed by atoms with Gasteiger partial charge >= 0.3 is 6.15 Å². The maximum Gasteiger partial charge on any atom is 0.373 e. The first-order valence-electron chi connectivity index (χ1n) is 11.3. The molecule has 0 saturated carbocycles. The van der Waals surface area contributed by atoms with Crippen LogP contribution in [-0.2, 0) is 25.0 Å². The first kappa shape index (κ1) is 27.4. The van der Waals surface area contributed by atoms with Crippen molar-refractivity contribution in [2.24, 2.45) is 0 Å². The van der Waals surface area contributed by atoms with Crippen molar-refractivity contribution in [1.29, 1.82) is 5.26 Å². The molecule has 0 atom stereocenters. The SMILES string of the molecule is CCSN1CC(CC#N)(n2cc(-c3nc(Nc4ccc(S(C)(=O)=O)cc4)nc4sccc34)cn2)C1.O=C=O. The summed E-state index contributed by atoms with van der Waals surface area (Å²) in [7, 11) is -3.27. The van der Waals surface area contributed by atoms with Crippen LogP contribution < -0.4 is 5.32 Å². The zero-order valence-corrected chi connectivity index (χ0v) is 22.9. The van der Waals surface area contributed by atoms with Crippen molar-refractivity contribution < 1.29 is 18.0 Å². The predicted octanol–water partition coefficient (Wildman–Crippen LogP) is 3.71. The van der Waals surface area contributed by atoms with Crippen molar-refractivity contribution in [3.63, 3.8) is 0 Å². The second-order valence-corrected chi connectivity index (χ2v) is 12.8. The van der Waals surface area contributed by atoms with Gasteiger partial charge in [0.05, 0.1) is 29.3 Å². The van der Waals surface area contributed by atoms with Gasteiger partial charge in [-0.3, -0.25) is 4.68 Å². The lowest BCUT2D eigenvalue weighted by molar-refractivity contribution is -0.191. The second-order valence-electron chi connectivity index (χ2n) is 8.49. The molecule has 3 aromatic heterocycles. The van der Waals surface area contributed by atoms with E-state index in [4.69, 9.17) is 14.6 Å². The van der Waals surface area contributed by atoms with Crippen molar-refractivity contribution in [1.82, 2.24) is 24.1 Å². The number of anilines is 2. The van der Waals surface area contributed by atoms with Crippen LogP contribution in [0.15, 0.2) is 53.0 Å². The Balaban J connectivity index is 0.00000107. The lowest BCUT2D eigenvalue weighted by Crippen LogP contribution is -2.60. The van der Waals surface area contributed by atoms with Crippen molar-refractivity contribution in [2.45, 2.75) is 23.8 Å². The first-order chi connectivity index (χ1) is 18.2. The van der Waals surface area contributed by atoms with Crippen LogP contribution in [-0.4, -0.2) is 63.7 Å². The molecule has 0 spiro atoms. The molecule has 196 valence electrons. The first-order valence-corrected chi connectivity index (χ1v) is 15.1. The third kappa shape index (κ3) is 5.77. The Hall–Kier alpha value is -3.60. The predicted molar refractivity (Wildman–Crippen MR) is 144 cm³/mol. The third-order valence-corrected chi connectivity index (χ3v) is 8.68. The smallest absolute Gasteiger partial charge is 0.324 e. The van der Waals surface area contributed by atoms with E-state index in [2.05, 4.69) is 32.7 Å². The van der Waals surface area contributed by atoms with Crippen LogP contribution in [0.4, 0.5) is 11.6 Å². The average molecular weight is 570 g/mol. The standard InChI is InChI=1S/C23H23N7O2S3.CO2/c1-3-34-29-14-23(15-29,9-10-24)30-13-16(12-25-30)20-19-8-11-33-21(19)28-22(27-20)26-17-4-6-18(7-5-17)35(2,31)32;2-1-3/h4-8,11-13H,3,9,14-15H2,1-2H3,(H,26,27,28);. The summed E-state index contributed by atoms with van der Waals surface area (Å²) in [6.07, 6.45) is 5.58. The molecule has 1 aliphatic heterocycles. The van der Waals surface area contributed by atoms with Gasteiger partial charge in [0.25, 0.3) is 0 Å². The molecule has 4 heterocycles. The number of hydrogen-bond acceptors (Lipinski definition) is 12. The number of fused-ring (bicyclic) bond motifs is 1. The number of nitrogens with one attached hydrogen (secondary N) is 1. The number of rotatable bonds is 8. The van der Waals surface area contributed by atoms with Crippen molar-refractivity contribution >= 4 is 61.1 Å². The Morgan fingerprint density at radius 1 is 1.18 bits per heavy atom. The lowest BCUT2D eigenvalue weighted by atomic mass is 9.89. The monoisotopic (exact) mass is 569 g/mol. The lowest BCUT2D eigenvalue weighted by Gasteiger charge is -2.48. The summed E-state index contributed by atoms with van der Waals surface area (Å²) in [5.74, 6) is 1.41. The second kappa shape index (κ2) is 11.4. The molecule has 1 aromatic carbocycles. The average Bonchev–Trinajstić information content (AvgIpc) is 3.53. The number of thiophene rings is 1. The van der Waals surface area contributed by atoms with E-state index >= 15 is 0 Å². The minimum absolute atomic E-state index is 0.250.